The van der Waals surface area contributed by atoms with Gasteiger partial charge >= 0.3 is 5.97 Å². The van der Waals surface area contributed by atoms with Crippen molar-refractivity contribution in [3.8, 4) is 5.75 Å². The zero-order valence-corrected chi connectivity index (χ0v) is 21.1. The van der Waals surface area contributed by atoms with Crippen LogP contribution in [0.15, 0.2) is 71.7 Å². The Morgan fingerprint density at radius 1 is 0.921 bits per heavy atom. The van der Waals surface area contributed by atoms with Gasteiger partial charge in [0, 0.05) is 35.4 Å². The molecule has 0 bridgehead atoms. The zero-order chi connectivity index (χ0) is 27.2. The van der Waals surface area contributed by atoms with Crippen molar-refractivity contribution < 1.29 is 23.9 Å². The molecule has 2 heterocycles. The molecule has 4 aromatic rings. The number of pyridine rings is 2. The molecule has 2 aromatic carbocycles. The molecule has 0 fully saturated rings. The summed E-state index contributed by atoms with van der Waals surface area (Å²) in [5.74, 6) is -1.14. The third-order valence-corrected chi connectivity index (χ3v) is 5.73. The van der Waals surface area contributed by atoms with E-state index in [9.17, 15) is 19.2 Å². The first-order valence-electron chi connectivity index (χ1n) is 11.8. The Balaban J connectivity index is 1.35. The molecule has 0 unspecified atom stereocenters. The highest BCUT2D eigenvalue weighted by Gasteiger charge is 2.18. The minimum Gasteiger partial charge on any atom is -0.497 e. The molecule has 194 valence electrons. The van der Waals surface area contributed by atoms with Crippen LogP contribution in [0.1, 0.15) is 33.3 Å². The van der Waals surface area contributed by atoms with Crippen LogP contribution in [0.3, 0.4) is 0 Å². The van der Waals surface area contributed by atoms with Crippen molar-refractivity contribution in [3.63, 3.8) is 0 Å². The van der Waals surface area contributed by atoms with Gasteiger partial charge in [-0.2, -0.15) is 0 Å². The van der Waals surface area contributed by atoms with Gasteiger partial charge in [0.2, 0.25) is 5.43 Å². The van der Waals surface area contributed by atoms with Crippen molar-refractivity contribution in [2.75, 3.05) is 24.4 Å². The number of hydrogen-bond donors (Lipinski definition) is 2. The molecule has 0 aliphatic heterocycles. The first-order valence-corrected chi connectivity index (χ1v) is 11.8. The molecule has 10 heteroatoms. The number of fused-ring (bicyclic) bond motifs is 1. The fraction of sp³-hybridized carbons (Fsp3) is 0.179. The van der Waals surface area contributed by atoms with Gasteiger partial charge in [-0.1, -0.05) is 0 Å². The van der Waals surface area contributed by atoms with Crippen molar-refractivity contribution in [3.05, 3.63) is 93.9 Å². The van der Waals surface area contributed by atoms with Crippen LogP contribution >= 0.6 is 0 Å². The minimum absolute atomic E-state index is 0.176. The second-order valence-corrected chi connectivity index (χ2v) is 8.37. The van der Waals surface area contributed by atoms with E-state index in [0.29, 0.717) is 40.3 Å². The number of nitrogens with zero attached hydrogens (tertiary/aromatic N) is 2. The molecule has 0 aliphatic carbocycles. The highest BCUT2D eigenvalue weighted by atomic mass is 16.5. The number of esters is 1. The summed E-state index contributed by atoms with van der Waals surface area (Å²) < 4.78 is 11.9. The molecular formula is C28H26N4O6. The van der Waals surface area contributed by atoms with Crippen molar-refractivity contribution in [1.29, 1.82) is 0 Å². The second-order valence-electron chi connectivity index (χ2n) is 8.37. The fourth-order valence-corrected chi connectivity index (χ4v) is 3.73. The van der Waals surface area contributed by atoms with E-state index < -0.39 is 23.9 Å². The van der Waals surface area contributed by atoms with Crippen LogP contribution in [0.4, 0.5) is 11.4 Å². The lowest BCUT2D eigenvalue weighted by molar-refractivity contribution is -0.119. The van der Waals surface area contributed by atoms with Crippen molar-refractivity contribution in [2.45, 2.75) is 20.4 Å². The number of nitrogens with one attached hydrogen (secondary N) is 2. The highest BCUT2D eigenvalue weighted by Crippen LogP contribution is 2.17. The molecule has 2 N–H and O–H groups in total. The van der Waals surface area contributed by atoms with Gasteiger partial charge in [0.15, 0.2) is 6.61 Å². The molecule has 38 heavy (non-hydrogen) atoms. The number of amides is 2. The number of methoxy groups -OCH3 is 1. The fourth-order valence-electron chi connectivity index (χ4n) is 3.73. The summed E-state index contributed by atoms with van der Waals surface area (Å²) in [6.45, 7) is 3.58. The average molecular weight is 515 g/mol. The van der Waals surface area contributed by atoms with Gasteiger partial charge in [-0.15, -0.1) is 0 Å². The Labute approximate surface area is 218 Å². The first kappa shape index (κ1) is 26.1. The number of carbonyl (C=O) groups is 3. The highest BCUT2D eigenvalue weighted by molar-refractivity contribution is 6.04. The lowest BCUT2D eigenvalue weighted by Crippen LogP contribution is -2.25. The van der Waals surface area contributed by atoms with Gasteiger partial charge in [0.25, 0.3) is 11.8 Å². The molecule has 2 amide bonds. The van der Waals surface area contributed by atoms with Crippen LogP contribution in [0.2, 0.25) is 0 Å². The topological polar surface area (TPSA) is 129 Å². The molecule has 0 saturated carbocycles. The standard InChI is InChI=1S/C28H26N4O6/c1-4-32-15-23(25(34)22-14-5-17(2)29-26(22)32)28(36)38-16-24(33)30-19-8-6-18(7-9-19)27(35)31-20-10-12-21(37-3)13-11-20/h5-15H,4,16H2,1-3H3,(H,30,33)(H,31,35). The van der Waals surface area contributed by atoms with E-state index in [1.54, 1.807) is 72.3 Å². The molecule has 0 radical (unpaired) electrons. The monoisotopic (exact) mass is 514 g/mol. The predicted molar refractivity (Wildman–Crippen MR) is 143 cm³/mol. The van der Waals surface area contributed by atoms with Gasteiger partial charge < -0.3 is 24.7 Å². The van der Waals surface area contributed by atoms with Gasteiger partial charge in [-0.3, -0.25) is 14.4 Å². The third-order valence-electron chi connectivity index (χ3n) is 5.73. The number of hydrogen-bond acceptors (Lipinski definition) is 7. The summed E-state index contributed by atoms with van der Waals surface area (Å²) in [5, 5.41) is 5.67. The summed E-state index contributed by atoms with van der Waals surface area (Å²) in [4.78, 5) is 54.6. The normalized spacial score (nSPS) is 10.6. The van der Waals surface area contributed by atoms with Gasteiger partial charge in [0.1, 0.15) is 17.0 Å². The van der Waals surface area contributed by atoms with Gasteiger partial charge in [-0.05, 0) is 74.5 Å². The van der Waals surface area contributed by atoms with Crippen LogP contribution in [-0.2, 0) is 16.1 Å². The number of anilines is 2. The maximum Gasteiger partial charge on any atom is 0.344 e. The van der Waals surface area contributed by atoms with Crippen LogP contribution in [0.25, 0.3) is 11.0 Å². The maximum atomic E-state index is 12.8. The van der Waals surface area contributed by atoms with E-state index in [2.05, 4.69) is 15.6 Å². The van der Waals surface area contributed by atoms with Crippen LogP contribution < -0.4 is 20.8 Å². The molecule has 2 aromatic heterocycles. The van der Waals surface area contributed by atoms with E-state index >= 15 is 0 Å². The summed E-state index contributed by atoms with van der Waals surface area (Å²) >= 11 is 0. The number of aryl methyl sites for hydroxylation is 2. The summed E-state index contributed by atoms with van der Waals surface area (Å²) in [7, 11) is 1.56. The van der Waals surface area contributed by atoms with E-state index in [-0.39, 0.29) is 11.5 Å². The Morgan fingerprint density at radius 3 is 2.24 bits per heavy atom. The number of carbonyl (C=O) groups excluding carboxylic acids is 3. The first-order chi connectivity index (χ1) is 18.3. The molecule has 10 nitrogen and oxygen atoms in total. The molecule has 0 saturated heterocycles. The Morgan fingerprint density at radius 2 is 1.58 bits per heavy atom. The molecule has 0 spiro atoms. The molecule has 0 aliphatic rings. The number of ether oxygens (including phenoxy) is 2. The minimum atomic E-state index is -0.902. The number of aromatic nitrogens is 2. The van der Waals surface area contributed by atoms with E-state index in [0.717, 1.165) is 5.69 Å². The average Bonchev–Trinajstić information content (AvgIpc) is 2.92. The lowest BCUT2D eigenvalue weighted by Gasteiger charge is -2.11. The summed E-state index contributed by atoms with van der Waals surface area (Å²) in [5.41, 5.74) is 1.95. The summed E-state index contributed by atoms with van der Waals surface area (Å²) in [6, 6.07) is 16.5. The number of benzene rings is 2. The van der Waals surface area contributed by atoms with E-state index in [4.69, 9.17) is 9.47 Å². The van der Waals surface area contributed by atoms with Crippen molar-refractivity contribution in [2.24, 2.45) is 0 Å². The Kier molecular flexibility index (Phi) is 7.81. The molecular weight excluding hydrogens is 488 g/mol. The van der Waals surface area contributed by atoms with Crippen molar-refractivity contribution >= 4 is 40.2 Å². The Bertz CT molecular complexity index is 1560. The predicted octanol–water partition coefficient (Wildman–Crippen LogP) is 3.78. The lowest BCUT2D eigenvalue weighted by atomic mass is 10.2. The quantitative estimate of drug-likeness (QED) is 0.343. The zero-order valence-electron chi connectivity index (χ0n) is 21.1. The molecule has 4 rings (SSSR count). The van der Waals surface area contributed by atoms with E-state index in [1.807, 2.05) is 13.8 Å². The third kappa shape index (κ3) is 5.86. The smallest absolute Gasteiger partial charge is 0.344 e. The van der Waals surface area contributed by atoms with Gasteiger partial charge in [-0.25, -0.2) is 9.78 Å². The van der Waals surface area contributed by atoms with Crippen LogP contribution in [0, 0.1) is 6.92 Å². The molecule has 0 atom stereocenters. The van der Waals surface area contributed by atoms with Crippen molar-refractivity contribution in [1.82, 2.24) is 9.55 Å². The maximum absolute atomic E-state index is 12.8. The SMILES string of the molecule is CCn1cc(C(=O)OCC(=O)Nc2ccc(C(=O)Nc3ccc(OC)cc3)cc2)c(=O)c2ccc(C)nc21. The summed E-state index contributed by atoms with van der Waals surface area (Å²) in [6.07, 6.45) is 1.40. The number of rotatable bonds is 8. The second kappa shape index (κ2) is 11.4. The van der Waals surface area contributed by atoms with Crippen LogP contribution in [-0.4, -0.2) is 41.1 Å². The van der Waals surface area contributed by atoms with Crippen LogP contribution in [0.5, 0.6) is 5.75 Å². The Hall–Kier alpha value is -4.99. The van der Waals surface area contributed by atoms with Gasteiger partial charge in [0.05, 0.1) is 12.5 Å². The van der Waals surface area contributed by atoms with E-state index in [1.165, 1.54) is 6.20 Å². The largest absolute Gasteiger partial charge is 0.497 e.